The van der Waals surface area contributed by atoms with Crippen LogP contribution < -0.4 is 10.2 Å². The molecule has 1 aromatic carbocycles. The third-order valence-corrected chi connectivity index (χ3v) is 3.54. The predicted molar refractivity (Wildman–Crippen MR) is 92.1 cm³/mol. The summed E-state index contributed by atoms with van der Waals surface area (Å²) in [7, 11) is 4.01. The van der Waals surface area contributed by atoms with E-state index in [9.17, 15) is 4.79 Å². The molecule has 0 spiro atoms. The van der Waals surface area contributed by atoms with Gasteiger partial charge >= 0.3 is 0 Å². The summed E-state index contributed by atoms with van der Waals surface area (Å²) in [5.41, 5.74) is 2.50. The molecule has 2 aromatic heterocycles. The van der Waals surface area contributed by atoms with Gasteiger partial charge in [-0.3, -0.25) is 9.78 Å². The minimum Gasteiger partial charge on any atom is -0.378 e. The van der Waals surface area contributed by atoms with Crippen molar-refractivity contribution in [1.82, 2.24) is 19.7 Å². The molecule has 0 bridgehead atoms. The molecule has 0 aliphatic heterocycles. The molecule has 7 nitrogen and oxygen atoms in total. The van der Waals surface area contributed by atoms with Gasteiger partial charge in [-0.05, 0) is 17.7 Å². The van der Waals surface area contributed by atoms with Crippen molar-refractivity contribution in [3.63, 3.8) is 0 Å². The van der Waals surface area contributed by atoms with Crippen molar-refractivity contribution < 1.29 is 4.79 Å². The highest BCUT2D eigenvalue weighted by atomic mass is 16.2. The summed E-state index contributed by atoms with van der Waals surface area (Å²) in [4.78, 5) is 22.1. The summed E-state index contributed by atoms with van der Waals surface area (Å²) in [5, 5.41) is 7.08. The second-order valence-electron chi connectivity index (χ2n) is 5.48. The average Bonchev–Trinajstić information content (AvgIpc) is 3.03. The van der Waals surface area contributed by atoms with Gasteiger partial charge in [0.2, 0.25) is 0 Å². The Bertz CT molecular complexity index is 811. The molecule has 24 heavy (non-hydrogen) atoms. The van der Waals surface area contributed by atoms with Crippen LogP contribution >= 0.6 is 0 Å². The largest absolute Gasteiger partial charge is 0.378 e. The van der Waals surface area contributed by atoms with E-state index in [0.29, 0.717) is 12.4 Å². The zero-order chi connectivity index (χ0) is 16.9. The van der Waals surface area contributed by atoms with Crippen LogP contribution in [-0.4, -0.2) is 39.8 Å². The van der Waals surface area contributed by atoms with Gasteiger partial charge in [0, 0.05) is 38.2 Å². The zero-order valence-corrected chi connectivity index (χ0v) is 13.5. The lowest BCUT2D eigenvalue weighted by atomic mass is 10.2. The van der Waals surface area contributed by atoms with E-state index >= 15 is 0 Å². The Morgan fingerprint density at radius 3 is 2.58 bits per heavy atom. The number of anilines is 2. The molecule has 3 rings (SSSR count). The summed E-state index contributed by atoms with van der Waals surface area (Å²) in [6, 6.07) is 9.95. The topological polar surface area (TPSA) is 75.9 Å². The van der Waals surface area contributed by atoms with Gasteiger partial charge in [0.15, 0.2) is 0 Å². The predicted octanol–water partition coefficient (Wildman–Crippen LogP) is 2.04. The first-order valence-corrected chi connectivity index (χ1v) is 7.49. The smallest absolute Gasteiger partial charge is 0.277 e. The molecule has 0 saturated carbocycles. The maximum absolute atomic E-state index is 12.2. The molecule has 2 heterocycles. The number of rotatable bonds is 5. The zero-order valence-electron chi connectivity index (χ0n) is 13.5. The Labute approximate surface area is 140 Å². The second-order valence-corrected chi connectivity index (χ2v) is 5.48. The van der Waals surface area contributed by atoms with E-state index in [-0.39, 0.29) is 11.6 Å². The van der Waals surface area contributed by atoms with Gasteiger partial charge in [-0.1, -0.05) is 12.1 Å². The first-order chi connectivity index (χ1) is 11.6. The van der Waals surface area contributed by atoms with Crippen LogP contribution in [0.4, 0.5) is 11.5 Å². The Morgan fingerprint density at radius 1 is 1.12 bits per heavy atom. The van der Waals surface area contributed by atoms with Gasteiger partial charge < -0.3 is 10.2 Å². The minimum atomic E-state index is -0.312. The normalized spacial score (nSPS) is 10.4. The number of aromatic nitrogens is 4. The van der Waals surface area contributed by atoms with E-state index in [1.807, 2.05) is 31.1 Å². The first-order valence-electron chi connectivity index (χ1n) is 7.49. The number of nitrogens with zero attached hydrogens (tertiary/aromatic N) is 5. The molecule has 0 fully saturated rings. The molecule has 0 unspecified atom stereocenters. The maximum atomic E-state index is 12.2. The molecule has 0 aliphatic carbocycles. The Morgan fingerprint density at radius 2 is 1.92 bits per heavy atom. The van der Waals surface area contributed by atoms with Gasteiger partial charge in [-0.15, -0.1) is 0 Å². The monoisotopic (exact) mass is 322 g/mol. The minimum absolute atomic E-state index is 0.264. The van der Waals surface area contributed by atoms with Gasteiger partial charge in [0.05, 0.1) is 18.9 Å². The van der Waals surface area contributed by atoms with Crippen molar-refractivity contribution in [3.05, 3.63) is 66.4 Å². The SMILES string of the molecule is CN(C)c1ccc(Cn2nccc2NC(=O)c2cnccn2)cc1. The number of nitrogens with one attached hydrogen (secondary N) is 1. The Balaban J connectivity index is 1.72. The third kappa shape index (κ3) is 3.57. The van der Waals surface area contributed by atoms with Crippen LogP contribution in [0.3, 0.4) is 0 Å². The fourth-order valence-electron chi connectivity index (χ4n) is 2.23. The highest BCUT2D eigenvalue weighted by Crippen LogP contribution is 2.15. The van der Waals surface area contributed by atoms with Crippen molar-refractivity contribution in [2.75, 3.05) is 24.3 Å². The van der Waals surface area contributed by atoms with Crippen molar-refractivity contribution >= 4 is 17.4 Å². The summed E-state index contributed by atoms with van der Waals surface area (Å²) >= 11 is 0. The van der Waals surface area contributed by atoms with Gasteiger partial charge in [0.25, 0.3) is 5.91 Å². The van der Waals surface area contributed by atoms with Crippen molar-refractivity contribution in [2.24, 2.45) is 0 Å². The van der Waals surface area contributed by atoms with Gasteiger partial charge in [-0.2, -0.15) is 5.10 Å². The summed E-state index contributed by atoms with van der Waals surface area (Å²) in [6.07, 6.45) is 6.09. The molecular weight excluding hydrogens is 304 g/mol. The van der Waals surface area contributed by atoms with Crippen molar-refractivity contribution in [3.8, 4) is 0 Å². The first kappa shape index (κ1) is 15.7. The molecule has 0 atom stereocenters. The van der Waals surface area contributed by atoms with Crippen LogP contribution in [0.15, 0.2) is 55.1 Å². The maximum Gasteiger partial charge on any atom is 0.277 e. The van der Waals surface area contributed by atoms with E-state index in [4.69, 9.17) is 0 Å². The van der Waals surface area contributed by atoms with Gasteiger partial charge in [0.1, 0.15) is 11.5 Å². The second kappa shape index (κ2) is 6.91. The Hall–Kier alpha value is -3.22. The van der Waals surface area contributed by atoms with Gasteiger partial charge in [-0.25, -0.2) is 9.67 Å². The molecule has 1 N–H and O–H groups in total. The van der Waals surface area contributed by atoms with E-state index in [1.165, 1.54) is 18.6 Å². The van der Waals surface area contributed by atoms with Crippen molar-refractivity contribution in [1.29, 1.82) is 0 Å². The van der Waals surface area contributed by atoms with E-state index in [2.05, 4.69) is 32.5 Å². The number of benzene rings is 1. The molecule has 0 saturated heterocycles. The highest BCUT2D eigenvalue weighted by Gasteiger charge is 2.11. The summed E-state index contributed by atoms with van der Waals surface area (Å²) in [5.74, 6) is 0.301. The summed E-state index contributed by atoms with van der Waals surface area (Å²) < 4.78 is 1.74. The van der Waals surface area contributed by atoms with Crippen LogP contribution in [0.2, 0.25) is 0 Å². The molecule has 7 heteroatoms. The highest BCUT2D eigenvalue weighted by molar-refractivity contribution is 6.02. The lowest BCUT2D eigenvalue weighted by Crippen LogP contribution is -2.17. The molecule has 122 valence electrons. The quantitative estimate of drug-likeness (QED) is 0.778. The number of amides is 1. The van der Waals surface area contributed by atoms with Crippen LogP contribution in [0.1, 0.15) is 16.1 Å². The molecule has 1 amide bonds. The van der Waals surface area contributed by atoms with Crippen LogP contribution in [0.5, 0.6) is 0 Å². The molecular formula is C17H18N6O. The van der Waals surface area contributed by atoms with Crippen molar-refractivity contribution in [2.45, 2.75) is 6.54 Å². The third-order valence-electron chi connectivity index (χ3n) is 3.54. The fourth-order valence-corrected chi connectivity index (χ4v) is 2.23. The summed E-state index contributed by atoms with van der Waals surface area (Å²) in [6.45, 7) is 0.566. The fraction of sp³-hybridized carbons (Fsp3) is 0.176. The number of hydrogen-bond acceptors (Lipinski definition) is 5. The molecule has 3 aromatic rings. The van der Waals surface area contributed by atoms with E-state index in [0.717, 1.165) is 11.3 Å². The standard InChI is InChI=1S/C17H18N6O/c1-22(2)14-5-3-13(4-6-14)12-23-16(7-8-20-23)21-17(24)15-11-18-9-10-19-15/h3-11H,12H2,1-2H3,(H,21,24). The van der Waals surface area contributed by atoms with E-state index in [1.54, 1.807) is 16.9 Å². The van der Waals surface area contributed by atoms with Crippen LogP contribution in [0, 0.1) is 0 Å². The number of carbonyl (C=O) groups excluding carboxylic acids is 1. The Kier molecular flexibility index (Phi) is 4.51. The average molecular weight is 322 g/mol. The van der Waals surface area contributed by atoms with Crippen LogP contribution in [-0.2, 0) is 6.54 Å². The molecule has 0 aliphatic rings. The van der Waals surface area contributed by atoms with E-state index < -0.39 is 0 Å². The molecule has 0 radical (unpaired) electrons. The number of carbonyl (C=O) groups is 1. The lowest BCUT2D eigenvalue weighted by Gasteiger charge is -2.13. The van der Waals surface area contributed by atoms with Crippen LogP contribution in [0.25, 0.3) is 0 Å². The number of hydrogen-bond donors (Lipinski definition) is 1. The lowest BCUT2D eigenvalue weighted by molar-refractivity contribution is 0.102.